The van der Waals surface area contributed by atoms with Crippen LogP contribution in [-0.4, -0.2) is 41.8 Å². The molecule has 0 amide bonds. The fourth-order valence-corrected chi connectivity index (χ4v) is 8.19. The van der Waals surface area contributed by atoms with Gasteiger partial charge in [-0.25, -0.2) is 14.4 Å². The van der Waals surface area contributed by atoms with Crippen molar-refractivity contribution in [3.63, 3.8) is 0 Å². The fraction of sp³-hybridized carbons (Fsp3) is 0.514. The van der Waals surface area contributed by atoms with Crippen LogP contribution in [0.15, 0.2) is 73.6 Å². The summed E-state index contributed by atoms with van der Waals surface area (Å²) in [5.74, 6) is 0.747. The minimum Gasteiger partial charge on any atom is -0.393 e. The highest BCUT2D eigenvalue weighted by Gasteiger charge is 2.34. The molecule has 4 aromatic rings. The van der Waals surface area contributed by atoms with E-state index in [9.17, 15) is 9.50 Å². The molecule has 4 heterocycles. The Morgan fingerprint density at radius 2 is 1.13 bits per heavy atom. The Labute approximate surface area is 276 Å². The lowest BCUT2D eigenvalue weighted by Crippen LogP contribution is -2.26. The lowest BCUT2D eigenvalue weighted by Gasteiger charge is -2.29. The van der Waals surface area contributed by atoms with Gasteiger partial charge in [0.25, 0.3) is 0 Å². The van der Waals surface area contributed by atoms with Crippen LogP contribution < -0.4 is 0 Å². The lowest BCUT2D eigenvalue weighted by atomic mass is 9.82. The van der Waals surface area contributed by atoms with E-state index in [1.54, 1.807) is 0 Å². The van der Waals surface area contributed by atoms with Crippen LogP contribution in [0.1, 0.15) is 100 Å². The highest BCUT2D eigenvalue weighted by Crippen LogP contribution is 2.44. The van der Waals surface area contributed by atoms with Crippen molar-refractivity contribution in [3.05, 3.63) is 84.7 Å². The van der Waals surface area contributed by atoms with Crippen molar-refractivity contribution in [2.45, 2.75) is 101 Å². The van der Waals surface area contributed by atoms with Gasteiger partial charge in [0, 0.05) is 17.5 Å². The third kappa shape index (κ3) is 7.03. The Bertz CT molecular complexity index is 1400. The van der Waals surface area contributed by atoms with Crippen molar-refractivity contribution in [2.75, 3.05) is 5.34 Å². The van der Waals surface area contributed by atoms with Gasteiger partial charge < -0.3 is 14.2 Å². The van der Waals surface area contributed by atoms with E-state index < -0.39 is 6.17 Å². The molecular weight excluding hydrogens is 606 g/mol. The van der Waals surface area contributed by atoms with Gasteiger partial charge in [-0.3, -0.25) is 0 Å². The van der Waals surface area contributed by atoms with E-state index in [4.69, 9.17) is 23.2 Å². The molecule has 5 nitrogen and oxygen atoms in total. The van der Waals surface area contributed by atoms with Crippen molar-refractivity contribution < 1.29 is 9.50 Å². The van der Waals surface area contributed by atoms with Crippen molar-refractivity contribution in [1.29, 1.82) is 0 Å². The minimum absolute atomic E-state index is 0.121. The summed E-state index contributed by atoms with van der Waals surface area (Å²) < 4.78 is 19.2. The number of alkyl halides is 3. The Morgan fingerprint density at radius 3 is 1.64 bits per heavy atom. The van der Waals surface area contributed by atoms with E-state index in [0.717, 1.165) is 25.0 Å². The number of halogens is 3. The van der Waals surface area contributed by atoms with Gasteiger partial charge in [0.05, 0.1) is 60.0 Å². The molecule has 0 radical (unpaired) electrons. The lowest BCUT2D eigenvalue weighted by molar-refractivity contribution is 0.0686. The predicted octanol–water partition coefficient (Wildman–Crippen LogP) is 9.97. The molecule has 0 spiro atoms. The normalized spacial score (nSPS) is 21.7. The molecule has 8 heteroatoms. The molecule has 1 N–H and O–H groups in total. The van der Waals surface area contributed by atoms with Gasteiger partial charge >= 0.3 is 0 Å². The van der Waals surface area contributed by atoms with Gasteiger partial charge in [-0.15, -0.1) is 23.2 Å². The molecule has 0 saturated heterocycles. The third-order valence-corrected chi connectivity index (χ3v) is 10.5. The van der Waals surface area contributed by atoms with E-state index in [-0.39, 0.29) is 29.4 Å². The van der Waals surface area contributed by atoms with Crippen LogP contribution >= 0.6 is 23.2 Å². The van der Waals surface area contributed by atoms with Gasteiger partial charge in [-0.2, -0.15) is 0 Å². The third-order valence-electron chi connectivity index (χ3n) is 10.5. The van der Waals surface area contributed by atoms with Crippen molar-refractivity contribution in [1.82, 2.24) is 19.1 Å². The zero-order valence-electron chi connectivity index (χ0n) is 26.0. The largest absolute Gasteiger partial charge is 0.393 e. The zero-order chi connectivity index (χ0) is 31.2. The number of rotatable bonds is 6. The first-order valence-electron chi connectivity index (χ1n) is 16.8. The van der Waals surface area contributed by atoms with Crippen molar-refractivity contribution in [2.24, 2.45) is 11.8 Å². The molecule has 4 aliphatic rings. The van der Waals surface area contributed by atoms with E-state index in [1.165, 1.54) is 79.3 Å². The Morgan fingerprint density at radius 1 is 0.689 bits per heavy atom. The average Bonchev–Trinajstić information content (AvgIpc) is 3.87. The summed E-state index contributed by atoms with van der Waals surface area (Å²) in [5, 5.41) is 10.9. The van der Waals surface area contributed by atoms with Gasteiger partial charge in [0.1, 0.15) is 6.17 Å². The molecule has 2 saturated carbocycles. The van der Waals surface area contributed by atoms with E-state index in [2.05, 4.69) is 61.6 Å². The Kier molecular flexibility index (Phi) is 11.0. The maximum atomic E-state index is 14.8. The van der Waals surface area contributed by atoms with Crippen LogP contribution in [0.25, 0.3) is 22.5 Å². The van der Waals surface area contributed by atoms with E-state index in [0.29, 0.717) is 12.3 Å². The predicted molar refractivity (Wildman–Crippen MR) is 181 cm³/mol. The smallest absolute Gasteiger partial charge is 0.105 e. The number of aliphatic hydroxyl groups excluding tert-OH is 1. The SMILES string of the molecule is ClCCl.FC(CC1c2ccccc2-c2cncn21)C1CCCCC1.OC(CC1c2ccccc2-c2cncn21)C1CCCCC1. The molecule has 45 heavy (non-hydrogen) atoms. The molecule has 2 aliphatic heterocycles. The summed E-state index contributed by atoms with van der Waals surface area (Å²) in [6.45, 7) is 0. The summed E-state index contributed by atoms with van der Waals surface area (Å²) in [6.07, 6.45) is 20.2. The second kappa shape index (κ2) is 15.3. The molecule has 4 atom stereocenters. The van der Waals surface area contributed by atoms with Crippen LogP contribution in [-0.2, 0) is 0 Å². The maximum Gasteiger partial charge on any atom is 0.105 e. The molecule has 0 bridgehead atoms. The number of hydrogen-bond acceptors (Lipinski definition) is 3. The number of aliphatic hydroxyl groups is 1. The number of hydrogen-bond donors (Lipinski definition) is 1. The molecule has 2 aliphatic carbocycles. The highest BCUT2D eigenvalue weighted by atomic mass is 35.5. The maximum absolute atomic E-state index is 14.8. The average molecular weight is 652 g/mol. The van der Waals surface area contributed by atoms with Crippen LogP contribution in [0.5, 0.6) is 0 Å². The minimum atomic E-state index is -0.697. The first-order chi connectivity index (χ1) is 22.1. The van der Waals surface area contributed by atoms with E-state index in [1.807, 2.05) is 31.1 Å². The summed E-state index contributed by atoms with van der Waals surface area (Å²) in [5.41, 5.74) is 7.41. The number of imidazole rings is 2. The second-order valence-corrected chi connectivity index (χ2v) is 13.8. The first-order valence-corrected chi connectivity index (χ1v) is 17.8. The first kappa shape index (κ1) is 32.3. The monoisotopic (exact) mass is 650 g/mol. The molecule has 2 fully saturated rings. The van der Waals surface area contributed by atoms with Crippen LogP contribution in [0, 0.1) is 11.8 Å². The topological polar surface area (TPSA) is 55.9 Å². The number of nitrogens with zero attached hydrogens (tertiary/aromatic N) is 4. The summed E-state index contributed by atoms with van der Waals surface area (Å²) in [4.78, 5) is 8.55. The van der Waals surface area contributed by atoms with Crippen LogP contribution in [0.3, 0.4) is 0 Å². The van der Waals surface area contributed by atoms with Gasteiger partial charge in [-0.1, -0.05) is 87.1 Å². The van der Waals surface area contributed by atoms with Gasteiger partial charge in [0.2, 0.25) is 0 Å². The quantitative estimate of drug-likeness (QED) is 0.211. The second-order valence-electron chi connectivity index (χ2n) is 13.0. The zero-order valence-corrected chi connectivity index (χ0v) is 27.5. The number of benzene rings is 2. The molecule has 240 valence electrons. The Balaban J connectivity index is 0.000000146. The van der Waals surface area contributed by atoms with Crippen LogP contribution in [0.2, 0.25) is 0 Å². The number of aromatic nitrogens is 4. The van der Waals surface area contributed by atoms with E-state index >= 15 is 0 Å². The van der Waals surface area contributed by atoms with Gasteiger partial charge in [0.15, 0.2) is 0 Å². The summed E-state index contributed by atoms with van der Waals surface area (Å²) in [6, 6.07) is 17.3. The van der Waals surface area contributed by atoms with Crippen molar-refractivity contribution >= 4 is 23.2 Å². The van der Waals surface area contributed by atoms with Crippen LogP contribution in [0.4, 0.5) is 4.39 Å². The van der Waals surface area contributed by atoms with Gasteiger partial charge in [-0.05, 0) is 55.1 Å². The molecule has 4 unspecified atom stereocenters. The Hall–Kier alpha value is -2.67. The number of fused-ring (bicyclic) bond motifs is 6. The fourth-order valence-electron chi connectivity index (χ4n) is 8.19. The molecular formula is C37H45Cl2FN4O. The van der Waals surface area contributed by atoms with Crippen molar-refractivity contribution in [3.8, 4) is 22.5 Å². The summed E-state index contributed by atoms with van der Waals surface area (Å²) >= 11 is 9.53. The molecule has 2 aromatic carbocycles. The highest BCUT2D eigenvalue weighted by molar-refractivity contribution is 6.40. The molecule has 2 aromatic heterocycles. The standard InChI is InChI=1S/C18H21FN2.C18H22N2O.CH2Cl2/c19-16(13-6-2-1-3-7-13)10-17-14-8-4-5-9-15(14)18-11-20-12-21(17)18;21-18(13-6-2-1-3-7-13)10-16-14-8-4-5-9-15(14)17-11-19-12-20(16)17;2-1-3/h4-5,8-9,11-13,16-17H,1-3,6-7,10H2;4-5,8-9,11-13,16,18,21H,1-3,6-7,10H2;1H2. The summed E-state index contributed by atoms with van der Waals surface area (Å²) in [7, 11) is 0. The molecule has 8 rings (SSSR count).